The maximum absolute atomic E-state index is 9.73. The first-order valence-electron chi connectivity index (χ1n) is 12.3. The summed E-state index contributed by atoms with van der Waals surface area (Å²) >= 11 is 0. The van der Waals surface area contributed by atoms with Crippen LogP contribution in [0.15, 0.2) is 42.5 Å². The number of aliphatic hydroxyl groups is 1. The molecular formula is C27H38N2O5. The van der Waals surface area contributed by atoms with E-state index >= 15 is 0 Å². The van der Waals surface area contributed by atoms with E-state index in [0.29, 0.717) is 19.6 Å². The van der Waals surface area contributed by atoms with E-state index < -0.39 is 0 Å². The van der Waals surface area contributed by atoms with Crippen molar-refractivity contribution in [2.45, 2.75) is 43.9 Å². The maximum Gasteiger partial charge on any atom is 0.142 e. The lowest BCUT2D eigenvalue weighted by molar-refractivity contribution is -0.000665. The van der Waals surface area contributed by atoms with Crippen molar-refractivity contribution in [1.82, 2.24) is 5.32 Å². The van der Waals surface area contributed by atoms with Crippen molar-refractivity contribution in [2.75, 3.05) is 58.6 Å². The molecule has 1 fully saturated rings. The average Bonchev–Trinajstić information content (AvgIpc) is 2.89. The van der Waals surface area contributed by atoms with Gasteiger partial charge < -0.3 is 34.3 Å². The normalized spacial score (nSPS) is 22.2. The molecule has 0 aromatic heterocycles. The average molecular weight is 471 g/mol. The summed E-state index contributed by atoms with van der Waals surface area (Å²) in [7, 11) is 3.42. The van der Waals surface area contributed by atoms with Crippen molar-refractivity contribution in [3.63, 3.8) is 0 Å². The zero-order valence-electron chi connectivity index (χ0n) is 20.4. The smallest absolute Gasteiger partial charge is 0.142 e. The summed E-state index contributed by atoms with van der Waals surface area (Å²) < 4.78 is 22.7. The van der Waals surface area contributed by atoms with Crippen LogP contribution in [0.1, 0.15) is 36.8 Å². The molecule has 0 amide bonds. The topological polar surface area (TPSA) is 72.4 Å². The van der Waals surface area contributed by atoms with Gasteiger partial charge in [0.1, 0.15) is 18.1 Å². The minimum absolute atomic E-state index is 0.134. The van der Waals surface area contributed by atoms with Crippen molar-refractivity contribution < 1.29 is 24.1 Å². The number of rotatable bonds is 11. The van der Waals surface area contributed by atoms with Crippen LogP contribution >= 0.6 is 0 Å². The zero-order valence-corrected chi connectivity index (χ0v) is 20.4. The molecule has 0 aliphatic carbocycles. The molecule has 7 heteroatoms. The van der Waals surface area contributed by atoms with Crippen molar-refractivity contribution in [3.05, 3.63) is 53.6 Å². The monoisotopic (exact) mass is 470 g/mol. The second kappa shape index (κ2) is 11.9. The van der Waals surface area contributed by atoms with Crippen LogP contribution in [0.4, 0.5) is 5.69 Å². The lowest BCUT2D eigenvalue weighted by atomic mass is 9.79. The number of ether oxygens (including phenoxy) is 4. The first-order valence-corrected chi connectivity index (χ1v) is 12.3. The highest BCUT2D eigenvalue weighted by molar-refractivity contribution is 5.61. The third-order valence-electron chi connectivity index (χ3n) is 6.99. The molecule has 0 radical (unpaired) electrons. The molecule has 0 unspecified atom stereocenters. The lowest BCUT2D eigenvalue weighted by Crippen LogP contribution is -2.51. The van der Waals surface area contributed by atoms with Gasteiger partial charge in [0, 0.05) is 39.0 Å². The summed E-state index contributed by atoms with van der Waals surface area (Å²) in [6.45, 7) is 4.80. The van der Waals surface area contributed by atoms with Gasteiger partial charge in [0.15, 0.2) is 0 Å². The van der Waals surface area contributed by atoms with Gasteiger partial charge in [-0.1, -0.05) is 18.2 Å². The Kier molecular flexibility index (Phi) is 8.67. The predicted octanol–water partition coefficient (Wildman–Crippen LogP) is 3.48. The third-order valence-corrected chi connectivity index (χ3v) is 6.99. The summed E-state index contributed by atoms with van der Waals surface area (Å²) in [5.41, 5.74) is 3.26. The van der Waals surface area contributed by atoms with Crippen LogP contribution in [0.2, 0.25) is 0 Å². The van der Waals surface area contributed by atoms with Crippen LogP contribution in [0.5, 0.6) is 11.5 Å². The van der Waals surface area contributed by atoms with E-state index in [-0.39, 0.29) is 18.2 Å². The quantitative estimate of drug-likeness (QED) is 0.487. The van der Waals surface area contributed by atoms with Crippen LogP contribution in [-0.4, -0.2) is 64.9 Å². The number of hydrogen-bond acceptors (Lipinski definition) is 7. The predicted molar refractivity (Wildman–Crippen MR) is 133 cm³/mol. The molecule has 0 saturated carbocycles. The SMILES string of the molecule is COCCCN1CCOc2ccc(CO[C@@H]3CC[C@](CCO)(c4ccc(OC)cc4)NC3)cc21. The Labute approximate surface area is 203 Å². The fourth-order valence-corrected chi connectivity index (χ4v) is 5.01. The van der Waals surface area contributed by atoms with Gasteiger partial charge in [-0.15, -0.1) is 0 Å². The molecule has 0 bridgehead atoms. The Balaban J connectivity index is 1.35. The van der Waals surface area contributed by atoms with E-state index in [9.17, 15) is 5.11 Å². The number of aliphatic hydroxyl groups excluding tert-OH is 1. The number of hydrogen-bond donors (Lipinski definition) is 2. The van der Waals surface area contributed by atoms with E-state index in [0.717, 1.165) is 68.3 Å². The highest BCUT2D eigenvalue weighted by Crippen LogP contribution is 2.36. The van der Waals surface area contributed by atoms with Crippen LogP contribution in [0.3, 0.4) is 0 Å². The minimum atomic E-state index is -0.229. The first-order chi connectivity index (χ1) is 16.7. The molecule has 2 heterocycles. The van der Waals surface area contributed by atoms with E-state index in [4.69, 9.17) is 18.9 Å². The Morgan fingerprint density at radius 2 is 2.03 bits per heavy atom. The third kappa shape index (κ3) is 5.84. The number of piperidine rings is 1. The molecule has 1 saturated heterocycles. The minimum Gasteiger partial charge on any atom is -0.497 e. The highest BCUT2D eigenvalue weighted by atomic mass is 16.5. The number of fused-ring (bicyclic) bond motifs is 1. The fraction of sp³-hybridized carbons (Fsp3) is 0.556. The van der Waals surface area contributed by atoms with E-state index in [1.165, 1.54) is 5.56 Å². The Bertz CT molecular complexity index is 896. The fourth-order valence-electron chi connectivity index (χ4n) is 5.01. The molecule has 186 valence electrons. The molecule has 2 N–H and O–H groups in total. The molecule has 0 spiro atoms. The van der Waals surface area contributed by atoms with Crippen molar-refractivity contribution in [2.24, 2.45) is 0 Å². The van der Waals surface area contributed by atoms with Gasteiger partial charge >= 0.3 is 0 Å². The summed E-state index contributed by atoms with van der Waals surface area (Å²) in [5.74, 6) is 1.78. The van der Waals surface area contributed by atoms with Crippen molar-refractivity contribution in [3.8, 4) is 11.5 Å². The first kappa shape index (κ1) is 24.8. The van der Waals surface area contributed by atoms with Crippen LogP contribution < -0.4 is 19.7 Å². The largest absolute Gasteiger partial charge is 0.497 e. The van der Waals surface area contributed by atoms with Crippen LogP contribution in [0.25, 0.3) is 0 Å². The highest BCUT2D eigenvalue weighted by Gasteiger charge is 2.36. The molecule has 34 heavy (non-hydrogen) atoms. The second-order valence-electron chi connectivity index (χ2n) is 9.12. The summed E-state index contributed by atoms with van der Waals surface area (Å²) in [4.78, 5) is 2.38. The molecule has 2 aromatic carbocycles. The summed E-state index contributed by atoms with van der Waals surface area (Å²) in [5, 5.41) is 13.4. The van der Waals surface area contributed by atoms with E-state index in [2.05, 4.69) is 40.5 Å². The molecule has 7 nitrogen and oxygen atoms in total. The Hall–Kier alpha value is -2.32. The summed E-state index contributed by atoms with van der Waals surface area (Å²) in [6.07, 6.45) is 3.66. The number of nitrogens with zero attached hydrogens (tertiary/aromatic N) is 1. The van der Waals surface area contributed by atoms with Gasteiger partial charge in [0.25, 0.3) is 0 Å². The van der Waals surface area contributed by atoms with Crippen LogP contribution in [0, 0.1) is 0 Å². The van der Waals surface area contributed by atoms with E-state index in [1.54, 1.807) is 14.2 Å². The van der Waals surface area contributed by atoms with Crippen molar-refractivity contribution in [1.29, 1.82) is 0 Å². The number of methoxy groups -OCH3 is 2. The van der Waals surface area contributed by atoms with E-state index in [1.807, 2.05) is 12.1 Å². The number of anilines is 1. The lowest BCUT2D eigenvalue weighted by Gasteiger charge is -2.41. The Morgan fingerprint density at radius 3 is 2.74 bits per heavy atom. The van der Waals surface area contributed by atoms with Crippen molar-refractivity contribution >= 4 is 5.69 Å². The maximum atomic E-state index is 9.73. The molecular weight excluding hydrogens is 432 g/mol. The standard InChI is InChI=1S/C27H38N2O5/c1-31-16-3-13-29-14-17-33-26-9-4-21(18-25(26)29)20-34-24-10-11-27(12-15-30,28-19-24)22-5-7-23(32-2)8-6-22/h4-9,18,24,28,30H,3,10-17,19-20H2,1-2H3/t24-,27+/m1/s1. The van der Waals surface area contributed by atoms with Gasteiger partial charge in [-0.25, -0.2) is 0 Å². The second-order valence-corrected chi connectivity index (χ2v) is 9.12. The molecule has 2 aromatic rings. The van der Waals surface area contributed by atoms with Crippen LogP contribution in [-0.2, 0) is 21.6 Å². The molecule has 2 atom stereocenters. The zero-order chi connectivity index (χ0) is 23.8. The van der Waals surface area contributed by atoms with Gasteiger partial charge in [0.05, 0.1) is 32.1 Å². The molecule has 2 aliphatic heterocycles. The number of nitrogens with one attached hydrogen (secondary N) is 1. The van der Waals surface area contributed by atoms with Gasteiger partial charge in [-0.05, 0) is 61.1 Å². The van der Waals surface area contributed by atoms with Gasteiger partial charge in [-0.2, -0.15) is 0 Å². The van der Waals surface area contributed by atoms with Gasteiger partial charge in [0.2, 0.25) is 0 Å². The Morgan fingerprint density at radius 1 is 1.18 bits per heavy atom. The van der Waals surface area contributed by atoms with Gasteiger partial charge in [-0.3, -0.25) is 0 Å². The summed E-state index contributed by atoms with van der Waals surface area (Å²) in [6, 6.07) is 14.5. The number of benzene rings is 2. The molecule has 4 rings (SSSR count). The molecule has 2 aliphatic rings.